The number of methoxy groups -OCH3 is 1. The summed E-state index contributed by atoms with van der Waals surface area (Å²) in [7, 11) is 1.51. The monoisotopic (exact) mass is 351 g/mol. The van der Waals surface area contributed by atoms with E-state index in [1.807, 2.05) is 18.2 Å². The van der Waals surface area contributed by atoms with Crippen molar-refractivity contribution in [2.24, 2.45) is 4.99 Å². The van der Waals surface area contributed by atoms with Crippen LogP contribution in [0.25, 0.3) is 0 Å². The fourth-order valence-corrected chi connectivity index (χ4v) is 1.95. The van der Waals surface area contributed by atoms with Crippen LogP contribution in [-0.4, -0.2) is 35.5 Å². The van der Waals surface area contributed by atoms with Crippen molar-refractivity contribution in [3.8, 4) is 11.6 Å². The van der Waals surface area contributed by atoms with Gasteiger partial charge in [0.25, 0.3) is 0 Å². The summed E-state index contributed by atoms with van der Waals surface area (Å²) in [6.45, 7) is 3.86. The number of hydrogen-bond donors (Lipinski definition) is 2. The van der Waals surface area contributed by atoms with E-state index in [0.717, 1.165) is 5.57 Å². The lowest BCUT2D eigenvalue weighted by molar-refractivity contribution is 0.300. The molecule has 26 heavy (non-hydrogen) atoms. The minimum Gasteiger partial charge on any atom is -0.481 e. The molecule has 0 aliphatic rings. The van der Waals surface area contributed by atoms with Crippen LogP contribution in [0.2, 0.25) is 0 Å². The number of pyridine rings is 1. The molecule has 0 amide bonds. The van der Waals surface area contributed by atoms with Gasteiger partial charge >= 0.3 is 0 Å². The van der Waals surface area contributed by atoms with Crippen LogP contribution in [0, 0.1) is 5.41 Å². The largest absolute Gasteiger partial charge is 0.481 e. The molecular weight excluding hydrogens is 330 g/mol. The molecule has 2 aromatic rings. The van der Waals surface area contributed by atoms with E-state index in [2.05, 4.69) is 16.6 Å². The molecule has 0 saturated heterocycles. The summed E-state index contributed by atoms with van der Waals surface area (Å²) < 4.78 is 10.8. The number of rotatable bonds is 7. The van der Waals surface area contributed by atoms with Crippen LogP contribution < -0.4 is 9.47 Å². The molecule has 1 heterocycles. The number of aliphatic hydroxyl groups is 1. The molecule has 2 rings (SSSR count). The van der Waals surface area contributed by atoms with Gasteiger partial charge in [-0.15, -0.1) is 0 Å². The fraction of sp³-hybridized carbons (Fsp3) is 0.150. The maximum atomic E-state index is 8.97. The van der Waals surface area contributed by atoms with Crippen molar-refractivity contribution >= 4 is 11.7 Å². The Morgan fingerprint density at radius 3 is 2.65 bits per heavy atom. The lowest BCUT2D eigenvalue weighted by Gasteiger charge is -2.07. The Hall–Kier alpha value is -3.25. The molecule has 2 N–H and O–H groups in total. The molecule has 0 unspecified atom stereocenters. The number of amidine groups is 1. The maximum Gasteiger partial charge on any atom is 0.221 e. The van der Waals surface area contributed by atoms with E-state index in [1.165, 1.54) is 7.11 Å². The number of aliphatic imine (C=N–C) groups is 1. The highest BCUT2D eigenvalue weighted by molar-refractivity contribution is 6.05. The van der Waals surface area contributed by atoms with Gasteiger partial charge in [-0.2, -0.15) is 4.99 Å². The van der Waals surface area contributed by atoms with Crippen molar-refractivity contribution in [1.82, 2.24) is 4.98 Å². The van der Waals surface area contributed by atoms with Gasteiger partial charge in [-0.3, -0.25) is 5.41 Å². The highest BCUT2D eigenvalue weighted by Crippen LogP contribution is 2.12. The first-order chi connectivity index (χ1) is 12.6. The van der Waals surface area contributed by atoms with Crippen molar-refractivity contribution in [1.29, 1.82) is 5.41 Å². The topological polar surface area (TPSA) is 87.8 Å². The quantitative estimate of drug-likeness (QED) is 0.455. The van der Waals surface area contributed by atoms with Crippen molar-refractivity contribution < 1.29 is 14.6 Å². The van der Waals surface area contributed by atoms with E-state index < -0.39 is 0 Å². The van der Waals surface area contributed by atoms with Gasteiger partial charge in [0.1, 0.15) is 11.4 Å². The van der Waals surface area contributed by atoms with E-state index in [9.17, 15) is 0 Å². The van der Waals surface area contributed by atoms with E-state index in [0.29, 0.717) is 23.7 Å². The third-order valence-electron chi connectivity index (χ3n) is 3.26. The average molecular weight is 351 g/mol. The second-order valence-corrected chi connectivity index (χ2v) is 5.24. The van der Waals surface area contributed by atoms with E-state index in [1.54, 1.807) is 42.5 Å². The minimum atomic E-state index is -0.0627. The third kappa shape index (κ3) is 5.99. The number of aliphatic hydroxyl groups excluding tert-OH is 1. The van der Waals surface area contributed by atoms with Crippen LogP contribution in [0.5, 0.6) is 11.6 Å². The predicted molar refractivity (Wildman–Crippen MR) is 102 cm³/mol. The first kappa shape index (κ1) is 19.1. The summed E-state index contributed by atoms with van der Waals surface area (Å²) in [4.78, 5) is 8.41. The SMILES string of the molecule is C=C(/C=C/C(=NC(=N)c1cccc(OC)n1)Oc1ccccc1)CCO. The van der Waals surface area contributed by atoms with Gasteiger partial charge in [-0.05, 0) is 24.6 Å². The number of nitrogens with zero attached hydrogens (tertiary/aromatic N) is 2. The molecule has 0 fully saturated rings. The first-order valence-corrected chi connectivity index (χ1v) is 8.00. The van der Waals surface area contributed by atoms with Crippen LogP contribution >= 0.6 is 0 Å². The Bertz CT molecular complexity index is 814. The van der Waals surface area contributed by atoms with Crippen molar-refractivity contribution in [3.63, 3.8) is 0 Å². The lowest BCUT2D eigenvalue weighted by Crippen LogP contribution is -2.10. The minimum absolute atomic E-state index is 0.0126. The molecule has 0 atom stereocenters. The number of benzene rings is 1. The summed E-state index contributed by atoms with van der Waals surface area (Å²) in [6.07, 6.45) is 3.76. The Morgan fingerprint density at radius 1 is 1.19 bits per heavy atom. The van der Waals surface area contributed by atoms with Gasteiger partial charge in [0, 0.05) is 18.7 Å². The van der Waals surface area contributed by atoms with Gasteiger partial charge < -0.3 is 14.6 Å². The fourth-order valence-electron chi connectivity index (χ4n) is 1.95. The summed E-state index contributed by atoms with van der Waals surface area (Å²) in [5, 5.41) is 17.2. The molecule has 6 heteroatoms. The smallest absolute Gasteiger partial charge is 0.221 e. The van der Waals surface area contributed by atoms with Crippen LogP contribution in [0.4, 0.5) is 0 Å². The molecule has 0 spiro atoms. The second-order valence-electron chi connectivity index (χ2n) is 5.24. The van der Waals surface area contributed by atoms with E-state index in [4.69, 9.17) is 20.0 Å². The van der Waals surface area contributed by atoms with Crippen LogP contribution in [0.1, 0.15) is 12.1 Å². The van der Waals surface area contributed by atoms with Gasteiger partial charge in [0.05, 0.1) is 7.11 Å². The summed E-state index contributed by atoms with van der Waals surface area (Å²) in [5.41, 5.74) is 1.09. The molecule has 0 saturated carbocycles. The van der Waals surface area contributed by atoms with Crippen LogP contribution in [0.15, 0.2) is 77.8 Å². The Labute approximate surface area is 152 Å². The highest BCUT2D eigenvalue weighted by Gasteiger charge is 2.07. The zero-order chi connectivity index (χ0) is 18.8. The number of hydrogen-bond acceptors (Lipinski definition) is 5. The normalized spacial score (nSPS) is 11.4. The molecule has 0 aliphatic carbocycles. The molecule has 0 bridgehead atoms. The van der Waals surface area contributed by atoms with Gasteiger partial charge in [0.15, 0.2) is 5.84 Å². The number of ether oxygens (including phenoxy) is 2. The van der Waals surface area contributed by atoms with Crippen LogP contribution in [0.3, 0.4) is 0 Å². The Kier molecular flexibility index (Phi) is 7.27. The predicted octanol–water partition coefficient (Wildman–Crippen LogP) is 3.39. The Balaban J connectivity index is 2.27. The third-order valence-corrected chi connectivity index (χ3v) is 3.26. The van der Waals surface area contributed by atoms with Gasteiger partial charge in [-0.25, -0.2) is 4.98 Å². The summed E-state index contributed by atoms with van der Waals surface area (Å²) >= 11 is 0. The average Bonchev–Trinajstić information content (AvgIpc) is 2.67. The van der Waals surface area contributed by atoms with Crippen LogP contribution in [-0.2, 0) is 0 Å². The maximum absolute atomic E-state index is 8.97. The van der Waals surface area contributed by atoms with Gasteiger partial charge in [-0.1, -0.05) is 42.5 Å². The lowest BCUT2D eigenvalue weighted by atomic mass is 10.2. The molecule has 134 valence electrons. The molecule has 0 radical (unpaired) electrons. The summed E-state index contributed by atoms with van der Waals surface area (Å²) in [5.74, 6) is 1.15. The van der Waals surface area contributed by atoms with Crippen molar-refractivity contribution in [2.75, 3.05) is 13.7 Å². The van der Waals surface area contributed by atoms with E-state index >= 15 is 0 Å². The highest BCUT2D eigenvalue weighted by atomic mass is 16.5. The number of aromatic nitrogens is 1. The standard InChI is InChI=1S/C20H21N3O3/c1-15(13-14-24)11-12-19(26-16-7-4-3-5-8-16)23-20(21)17-9-6-10-18(22-17)25-2/h3-12,21,24H,1,13-14H2,2H3/b12-11+,21-20?,23-19?. The number of nitrogens with one attached hydrogen (secondary N) is 1. The second kappa shape index (κ2) is 9.90. The molecule has 1 aromatic carbocycles. The molecule has 0 aliphatic heterocycles. The summed E-state index contributed by atoms with van der Waals surface area (Å²) in [6, 6.07) is 14.3. The Morgan fingerprint density at radius 2 is 1.96 bits per heavy atom. The first-order valence-electron chi connectivity index (χ1n) is 8.00. The zero-order valence-electron chi connectivity index (χ0n) is 14.6. The van der Waals surface area contributed by atoms with Crippen molar-refractivity contribution in [3.05, 3.63) is 78.5 Å². The molecule has 6 nitrogen and oxygen atoms in total. The zero-order valence-corrected chi connectivity index (χ0v) is 14.6. The van der Waals surface area contributed by atoms with E-state index in [-0.39, 0.29) is 18.3 Å². The van der Waals surface area contributed by atoms with Gasteiger partial charge in [0.2, 0.25) is 11.8 Å². The molecular formula is C20H21N3O3. The number of para-hydroxylation sites is 1. The molecule has 1 aromatic heterocycles. The number of allylic oxidation sites excluding steroid dienone is 1. The van der Waals surface area contributed by atoms with Crippen molar-refractivity contribution in [2.45, 2.75) is 6.42 Å².